The molecule has 1 aromatic rings. The van der Waals surface area contributed by atoms with E-state index >= 15 is 0 Å². The van der Waals surface area contributed by atoms with Crippen LogP contribution in [0.2, 0.25) is 0 Å². The SMILES string of the molecule is Cc1ccccc1C(O)CCN1CCCCC1. The highest BCUT2D eigenvalue weighted by atomic mass is 16.3. The summed E-state index contributed by atoms with van der Waals surface area (Å²) in [5.74, 6) is 0. The molecule has 1 aliphatic heterocycles. The van der Waals surface area contributed by atoms with Gasteiger partial charge in [-0.15, -0.1) is 0 Å². The highest BCUT2D eigenvalue weighted by Gasteiger charge is 2.14. The Labute approximate surface area is 104 Å². The number of aryl methyl sites for hydroxylation is 1. The molecule has 17 heavy (non-hydrogen) atoms. The van der Waals surface area contributed by atoms with Crippen molar-refractivity contribution in [3.8, 4) is 0 Å². The molecule has 0 saturated carbocycles. The van der Waals surface area contributed by atoms with Crippen molar-refractivity contribution >= 4 is 0 Å². The lowest BCUT2D eigenvalue weighted by Crippen LogP contribution is -2.31. The molecule has 2 heteroatoms. The van der Waals surface area contributed by atoms with Gasteiger partial charge in [-0.1, -0.05) is 30.7 Å². The fourth-order valence-electron chi connectivity index (χ4n) is 2.60. The zero-order valence-electron chi connectivity index (χ0n) is 10.7. The van der Waals surface area contributed by atoms with Crippen molar-refractivity contribution < 1.29 is 5.11 Å². The van der Waals surface area contributed by atoms with Gasteiger partial charge in [0.05, 0.1) is 6.10 Å². The fraction of sp³-hybridized carbons (Fsp3) is 0.600. The molecule has 1 unspecified atom stereocenters. The van der Waals surface area contributed by atoms with Gasteiger partial charge >= 0.3 is 0 Å². The molecule has 2 rings (SSSR count). The molecule has 1 atom stereocenters. The predicted molar refractivity (Wildman–Crippen MR) is 71.0 cm³/mol. The van der Waals surface area contributed by atoms with Crippen LogP contribution in [0, 0.1) is 6.92 Å². The molecule has 1 saturated heterocycles. The molecule has 0 spiro atoms. The number of aliphatic hydroxyl groups excluding tert-OH is 1. The standard InChI is InChI=1S/C15H23NO/c1-13-7-3-4-8-14(13)15(17)9-12-16-10-5-2-6-11-16/h3-4,7-8,15,17H,2,5-6,9-12H2,1H3. The number of hydrogen-bond donors (Lipinski definition) is 1. The molecule has 0 bridgehead atoms. The summed E-state index contributed by atoms with van der Waals surface area (Å²) in [7, 11) is 0. The quantitative estimate of drug-likeness (QED) is 0.864. The third kappa shape index (κ3) is 3.55. The van der Waals surface area contributed by atoms with Crippen molar-refractivity contribution in [3.63, 3.8) is 0 Å². The maximum atomic E-state index is 10.2. The molecule has 0 amide bonds. The molecular weight excluding hydrogens is 210 g/mol. The van der Waals surface area contributed by atoms with Gasteiger partial charge in [-0.3, -0.25) is 0 Å². The van der Waals surface area contributed by atoms with Crippen LogP contribution in [0.25, 0.3) is 0 Å². The van der Waals surface area contributed by atoms with Gasteiger partial charge < -0.3 is 10.0 Å². The lowest BCUT2D eigenvalue weighted by atomic mass is 10.0. The summed E-state index contributed by atoms with van der Waals surface area (Å²) in [5.41, 5.74) is 2.28. The van der Waals surface area contributed by atoms with E-state index in [1.54, 1.807) is 0 Å². The summed E-state index contributed by atoms with van der Waals surface area (Å²) >= 11 is 0. The van der Waals surface area contributed by atoms with Crippen LogP contribution in [0.3, 0.4) is 0 Å². The monoisotopic (exact) mass is 233 g/mol. The third-order valence-electron chi connectivity index (χ3n) is 3.71. The van der Waals surface area contributed by atoms with Gasteiger partial charge in [0.15, 0.2) is 0 Å². The molecule has 1 aliphatic rings. The van der Waals surface area contributed by atoms with E-state index in [4.69, 9.17) is 0 Å². The largest absolute Gasteiger partial charge is 0.388 e. The summed E-state index contributed by atoms with van der Waals surface area (Å²) in [6, 6.07) is 8.14. The van der Waals surface area contributed by atoms with Crippen LogP contribution in [0.4, 0.5) is 0 Å². The number of hydrogen-bond acceptors (Lipinski definition) is 2. The first-order valence-corrected chi connectivity index (χ1v) is 6.73. The first-order valence-electron chi connectivity index (χ1n) is 6.73. The smallest absolute Gasteiger partial charge is 0.0804 e. The lowest BCUT2D eigenvalue weighted by Gasteiger charge is -2.27. The second-order valence-corrected chi connectivity index (χ2v) is 5.06. The average molecular weight is 233 g/mol. The van der Waals surface area contributed by atoms with E-state index in [-0.39, 0.29) is 6.10 Å². The Morgan fingerprint density at radius 3 is 2.59 bits per heavy atom. The van der Waals surface area contributed by atoms with Gasteiger partial charge in [-0.25, -0.2) is 0 Å². The van der Waals surface area contributed by atoms with Crippen molar-refractivity contribution in [1.82, 2.24) is 4.90 Å². The molecule has 1 aromatic carbocycles. The second-order valence-electron chi connectivity index (χ2n) is 5.06. The van der Waals surface area contributed by atoms with E-state index in [9.17, 15) is 5.11 Å². The molecule has 2 nitrogen and oxygen atoms in total. The van der Waals surface area contributed by atoms with Crippen molar-refractivity contribution in [2.75, 3.05) is 19.6 Å². The second kappa shape index (κ2) is 6.18. The Bertz CT molecular complexity index is 345. The number of rotatable bonds is 4. The highest BCUT2D eigenvalue weighted by molar-refractivity contribution is 5.27. The number of aliphatic hydroxyl groups is 1. The van der Waals surface area contributed by atoms with Gasteiger partial charge in [0, 0.05) is 6.54 Å². The zero-order valence-corrected chi connectivity index (χ0v) is 10.7. The Morgan fingerprint density at radius 2 is 1.88 bits per heavy atom. The van der Waals surface area contributed by atoms with E-state index in [0.29, 0.717) is 0 Å². The molecule has 1 N–H and O–H groups in total. The minimum atomic E-state index is -0.307. The number of benzene rings is 1. The maximum absolute atomic E-state index is 10.2. The molecule has 1 fully saturated rings. The van der Waals surface area contributed by atoms with E-state index in [1.807, 2.05) is 18.2 Å². The van der Waals surface area contributed by atoms with Gasteiger partial charge in [0.2, 0.25) is 0 Å². The fourth-order valence-corrected chi connectivity index (χ4v) is 2.60. The van der Waals surface area contributed by atoms with Gasteiger partial charge in [0.1, 0.15) is 0 Å². The first-order chi connectivity index (χ1) is 8.27. The number of piperidine rings is 1. The summed E-state index contributed by atoms with van der Waals surface area (Å²) in [4.78, 5) is 2.48. The van der Waals surface area contributed by atoms with Crippen LogP contribution in [0.5, 0.6) is 0 Å². The van der Waals surface area contributed by atoms with Crippen molar-refractivity contribution in [3.05, 3.63) is 35.4 Å². The van der Waals surface area contributed by atoms with Crippen LogP contribution in [-0.2, 0) is 0 Å². The van der Waals surface area contributed by atoms with Crippen LogP contribution < -0.4 is 0 Å². The van der Waals surface area contributed by atoms with Gasteiger partial charge in [-0.05, 0) is 50.4 Å². The topological polar surface area (TPSA) is 23.5 Å². The van der Waals surface area contributed by atoms with E-state index in [0.717, 1.165) is 18.5 Å². The average Bonchev–Trinajstić information content (AvgIpc) is 2.38. The minimum Gasteiger partial charge on any atom is -0.388 e. The molecule has 0 aromatic heterocycles. The third-order valence-corrected chi connectivity index (χ3v) is 3.71. The number of likely N-dealkylation sites (tertiary alicyclic amines) is 1. The van der Waals surface area contributed by atoms with Gasteiger partial charge in [0.25, 0.3) is 0 Å². The molecule has 1 heterocycles. The van der Waals surface area contributed by atoms with E-state index in [1.165, 1.54) is 37.9 Å². The van der Waals surface area contributed by atoms with Crippen molar-refractivity contribution in [2.24, 2.45) is 0 Å². The Hall–Kier alpha value is -0.860. The molecule has 0 radical (unpaired) electrons. The van der Waals surface area contributed by atoms with E-state index < -0.39 is 0 Å². The maximum Gasteiger partial charge on any atom is 0.0804 e. The molecule has 0 aliphatic carbocycles. The Balaban J connectivity index is 1.84. The van der Waals surface area contributed by atoms with Crippen LogP contribution in [0.1, 0.15) is 42.9 Å². The van der Waals surface area contributed by atoms with Gasteiger partial charge in [-0.2, -0.15) is 0 Å². The molecular formula is C15H23NO. The molecule has 94 valence electrons. The predicted octanol–water partition coefficient (Wildman–Crippen LogP) is 2.90. The van der Waals surface area contributed by atoms with E-state index in [2.05, 4.69) is 17.9 Å². The lowest BCUT2D eigenvalue weighted by molar-refractivity contribution is 0.133. The Morgan fingerprint density at radius 1 is 1.18 bits per heavy atom. The normalized spacial score (nSPS) is 19.2. The van der Waals surface area contributed by atoms with Crippen LogP contribution >= 0.6 is 0 Å². The van der Waals surface area contributed by atoms with Crippen molar-refractivity contribution in [2.45, 2.75) is 38.7 Å². The summed E-state index contributed by atoms with van der Waals surface area (Å²) in [5, 5.41) is 10.2. The first kappa shape index (κ1) is 12.6. The highest BCUT2D eigenvalue weighted by Crippen LogP contribution is 2.21. The Kier molecular flexibility index (Phi) is 4.57. The summed E-state index contributed by atoms with van der Waals surface area (Å²) < 4.78 is 0. The minimum absolute atomic E-state index is 0.307. The zero-order chi connectivity index (χ0) is 12.1. The summed E-state index contributed by atoms with van der Waals surface area (Å²) in [6.07, 6.45) is 4.56. The number of nitrogens with zero attached hydrogens (tertiary/aromatic N) is 1. The summed E-state index contributed by atoms with van der Waals surface area (Å²) in [6.45, 7) is 5.51. The van der Waals surface area contributed by atoms with Crippen molar-refractivity contribution in [1.29, 1.82) is 0 Å². The van der Waals surface area contributed by atoms with Crippen LogP contribution in [0.15, 0.2) is 24.3 Å². The van der Waals surface area contributed by atoms with Crippen LogP contribution in [-0.4, -0.2) is 29.6 Å².